The predicted molar refractivity (Wildman–Crippen MR) is 129 cm³/mol. The highest BCUT2D eigenvalue weighted by atomic mass is 35.5. The smallest absolute Gasteiger partial charge is 0.406 e. The first-order chi connectivity index (χ1) is 15.8. The number of alkyl halides is 3. The first-order valence-corrected chi connectivity index (χ1v) is 13.2. The molecule has 3 aromatic rings. The van der Waals surface area contributed by atoms with Gasteiger partial charge in [-0.3, -0.25) is 4.31 Å². The number of hydrogen-bond acceptors (Lipinski definition) is 4. The third kappa shape index (κ3) is 6.41. The SMILES string of the molecule is O=S(CCN1CCCCC1)N(Cc1ccc(OC(F)(F)F)cc1)c1sc2ccccc2c1Cl. The molecule has 0 amide bonds. The van der Waals surface area contributed by atoms with Gasteiger partial charge in [0.15, 0.2) is 0 Å². The lowest BCUT2D eigenvalue weighted by Gasteiger charge is -2.28. The van der Waals surface area contributed by atoms with E-state index < -0.39 is 17.3 Å². The van der Waals surface area contributed by atoms with Crippen molar-refractivity contribution in [2.45, 2.75) is 32.2 Å². The van der Waals surface area contributed by atoms with Crippen molar-refractivity contribution in [1.82, 2.24) is 4.90 Å². The molecule has 0 aliphatic carbocycles. The van der Waals surface area contributed by atoms with Gasteiger partial charge in [0.25, 0.3) is 0 Å². The minimum Gasteiger partial charge on any atom is -0.406 e. The third-order valence-electron chi connectivity index (χ3n) is 5.50. The summed E-state index contributed by atoms with van der Waals surface area (Å²) in [5, 5.41) is 2.13. The Morgan fingerprint density at radius 2 is 1.76 bits per heavy atom. The summed E-state index contributed by atoms with van der Waals surface area (Å²) in [6, 6.07) is 13.4. The molecular weight excluding hydrogens is 493 g/mol. The average Bonchev–Trinajstić information content (AvgIpc) is 3.13. The van der Waals surface area contributed by atoms with Crippen molar-refractivity contribution in [3.63, 3.8) is 0 Å². The van der Waals surface area contributed by atoms with Crippen LogP contribution in [0.2, 0.25) is 5.02 Å². The van der Waals surface area contributed by atoms with E-state index in [-0.39, 0.29) is 12.3 Å². The minimum atomic E-state index is -4.74. The molecule has 1 saturated heterocycles. The second-order valence-corrected chi connectivity index (χ2v) is 10.8. The summed E-state index contributed by atoms with van der Waals surface area (Å²) in [5.41, 5.74) is 0.712. The molecule has 2 heterocycles. The van der Waals surface area contributed by atoms with Gasteiger partial charge < -0.3 is 9.64 Å². The number of anilines is 1. The van der Waals surface area contributed by atoms with Crippen LogP contribution in [0, 0.1) is 0 Å². The molecule has 178 valence electrons. The van der Waals surface area contributed by atoms with Gasteiger partial charge in [0.1, 0.15) is 21.7 Å². The number of likely N-dealkylation sites (tertiary alicyclic amines) is 1. The fourth-order valence-electron chi connectivity index (χ4n) is 3.86. The number of nitrogens with zero attached hydrogens (tertiary/aromatic N) is 2. The van der Waals surface area contributed by atoms with Crippen molar-refractivity contribution < 1.29 is 22.1 Å². The van der Waals surface area contributed by atoms with E-state index in [1.54, 1.807) is 16.4 Å². The molecule has 1 aromatic heterocycles. The molecule has 1 fully saturated rings. The van der Waals surface area contributed by atoms with Gasteiger partial charge in [-0.05, 0) is 49.7 Å². The van der Waals surface area contributed by atoms with E-state index >= 15 is 0 Å². The Labute approximate surface area is 202 Å². The van der Waals surface area contributed by atoms with Gasteiger partial charge in [0, 0.05) is 16.6 Å². The third-order valence-corrected chi connectivity index (χ3v) is 8.64. The summed E-state index contributed by atoms with van der Waals surface area (Å²) in [6.07, 6.45) is -1.19. The monoisotopic (exact) mass is 516 g/mol. The molecule has 4 nitrogen and oxygen atoms in total. The lowest BCUT2D eigenvalue weighted by atomic mass is 10.1. The summed E-state index contributed by atoms with van der Waals surface area (Å²) < 4.78 is 57.6. The fourth-order valence-corrected chi connectivity index (χ4v) is 6.92. The van der Waals surface area contributed by atoms with Gasteiger partial charge in [-0.15, -0.1) is 24.5 Å². The van der Waals surface area contributed by atoms with Crippen LogP contribution >= 0.6 is 22.9 Å². The van der Waals surface area contributed by atoms with Gasteiger partial charge >= 0.3 is 6.36 Å². The highest BCUT2D eigenvalue weighted by Gasteiger charge is 2.31. The molecule has 0 bridgehead atoms. The quantitative estimate of drug-likeness (QED) is 0.338. The number of rotatable bonds is 8. The first-order valence-electron chi connectivity index (χ1n) is 10.7. The second-order valence-electron chi connectivity index (χ2n) is 7.87. The number of thiophene rings is 1. The van der Waals surface area contributed by atoms with Crippen LogP contribution in [0.3, 0.4) is 0 Å². The molecule has 4 rings (SSSR count). The van der Waals surface area contributed by atoms with Crippen LogP contribution in [0.25, 0.3) is 10.1 Å². The molecule has 10 heteroatoms. The Morgan fingerprint density at radius 1 is 1.06 bits per heavy atom. The summed E-state index contributed by atoms with van der Waals surface area (Å²) in [6.45, 7) is 3.01. The van der Waals surface area contributed by atoms with Gasteiger partial charge in [0.05, 0.1) is 17.3 Å². The highest BCUT2D eigenvalue weighted by Crippen LogP contribution is 2.43. The topological polar surface area (TPSA) is 32.8 Å². The van der Waals surface area contributed by atoms with E-state index in [9.17, 15) is 17.4 Å². The number of fused-ring (bicyclic) bond motifs is 1. The van der Waals surface area contributed by atoms with Crippen LogP contribution in [-0.4, -0.2) is 40.9 Å². The second kappa shape index (κ2) is 10.6. The van der Waals surface area contributed by atoms with Gasteiger partial charge in [-0.25, -0.2) is 4.21 Å². The maximum absolute atomic E-state index is 13.5. The summed E-state index contributed by atoms with van der Waals surface area (Å²) >= 11 is 8.15. The molecule has 2 aromatic carbocycles. The van der Waals surface area contributed by atoms with Crippen molar-refractivity contribution in [1.29, 1.82) is 0 Å². The van der Waals surface area contributed by atoms with Crippen LogP contribution in [0.5, 0.6) is 5.75 Å². The lowest BCUT2D eigenvalue weighted by Crippen LogP contribution is -2.36. The Bertz CT molecular complexity index is 1100. The van der Waals surface area contributed by atoms with E-state index in [4.69, 9.17) is 11.6 Å². The van der Waals surface area contributed by atoms with E-state index in [0.29, 0.717) is 21.3 Å². The van der Waals surface area contributed by atoms with E-state index in [2.05, 4.69) is 9.64 Å². The molecule has 33 heavy (non-hydrogen) atoms. The zero-order valence-electron chi connectivity index (χ0n) is 17.8. The fraction of sp³-hybridized carbons (Fsp3) is 0.391. The predicted octanol–water partition coefficient (Wildman–Crippen LogP) is 6.61. The van der Waals surface area contributed by atoms with Crippen molar-refractivity contribution in [2.24, 2.45) is 0 Å². The molecular formula is C23H24ClF3N2O2S2. The zero-order chi connectivity index (χ0) is 23.4. The number of piperidine rings is 1. The van der Waals surface area contributed by atoms with Crippen molar-refractivity contribution in [2.75, 3.05) is 29.7 Å². The standard InChI is InChI=1S/C23H24ClF3N2O2S2/c24-21-19-6-2-3-7-20(19)32-22(21)29(33(30)15-14-28-12-4-1-5-13-28)16-17-8-10-18(11-9-17)31-23(25,26)27/h2-3,6-11H,1,4-5,12-16H2. The largest absolute Gasteiger partial charge is 0.573 e. The normalized spacial score (nSPS) is 16.1. The maximum Gasteiger partial charge on any atom is 0.573 e. The molecule has 0 saturated carbocycles. The van der Waals surface area contributed by atoms with Crippen LogP contribution < -0.4 is 9.04 Å². The number of hydrogen-bond donors (Lipinski definition) is 0. The van der Waals surface area contributed by atoms with Crippen LogP contribution in [0.1, 0.15) is 24.8 Å². The van der Waals surface area contributed by atoms with Gasteiger partial charge in [-0.1, -0.05) is 48.4 Å². The van der Waals surface area contributed by atoms with Crippen LogP contribution in [0.15, 0.2) is 48.5 Å². The minimum absolute atomic E-state index is 0.255. The Morgan fingerprint density at radius 3 is 2.42 bits per heavy atom. The zero-order valence-corrected chi connectivity index (χ0v) is 20.2. The highest BCUT2D eigenvalue weighted by molar-refractivity contribution is 7.86. The van der Waals surface area contributed by atoms with Crippen LogP contribution in [-0.2, 0) is 17.5 Å². The Balaban J connectivity index is 1.56. The molecule has 1 atom stereocenters. The summed E-state index contributed by atoms with van der Waals surface area (Å²) in [5.74, 6) is 0.170. The Kier molecular flexibility index (Phi) is 7.83. The number of benzene rings is 2. The average molecular weight is 517 g/mol. The first kappa shape index (κ1) is 24.3. The molecule has 1 aliphatic rings. The molecule has 0 radical (unpaired) electrons. The Hall–Kier alpha value is -1.81. The van der Waals surface area contributed by atoms with E-state index in [0.717, 1.165) is 42.6 Å². The number of ether oxygens (including phenoxy) is 1. The van der Waals surface area contributed by atoms with Crippen molar-refractivity contribution in [3.8, 4) is 5.75 Å². The molecule has 0 spiro atoms. The van der Waals surface area contributed by atoms with Gasteiger partial charge in [-0.2, -0.15) is 0 Å². The summed E-state index contributed by atoms with van der Waals surface area (Å²) in [4.78, 5) is 2.33. The summed E-state index contributed by atoms with van der Waals surface area (Å²) in [7, 11) is -1.36. The molecule has 1 aliphatic heterocycles. The van der Waals surface area contributed by atoms with E-state index in [1.807, 2.05) is 24.3 Å². The number of halogens is 4. The van der Waals surface area contributed by atoms with Crippen molar-refractivity contribution >= 4 is 49.0 Å². The van der Waals surface area contributed by atoms with E-state index in [1.165, 1.54) is 29.9 Å². The maximum atomic E-state index is 13.5. The molecule has 0 N–H and O–H groups in total. The van der Waals surface area contributed by atoms with Gasteiger partial charge in [0.2, 0.25) is 0 Å². The lowest BCUT2D eigenvalue weighted by molar-refractivity contribution is -0.274. The van der Waals surface area contributed by atoms with Crippen molar-refractivity contribution in [3.05, 3.63) is 59.1 Å². The van der Waals surface area contributed by atoms with Crippen LogP contribution in [0.4, 0.5) is 18.2 Å². The molecule has 1 unspecified atom stereocenters.